The van der Waals surface area contributed by atoms with Crippen molar-refractivity contribution >= 4 is 5.97 Å². The van der Waals surface area contributed by atoms with Gasteiger partial charge in [-0.15, -0.1) is 0 Å². The molecule has 1 unspecified atom stereocenters. The minimum absolute atomic E-state index is 0.222. The van der Waals surface area contributed by atoms with Gasteiger partial charge in [0, 0.05) is 0 Å². The molecular formula is C8H15O2. The highest BCUT2D eigenvalue weighted by Crippen LogP contribution is 2.11. The van der Waals surface area contributed by atoms with Crippen LogP contribution in [0.5, 0.6) is 0 Å². The molecule has 1 atom stereocenters. The van der Waals surface area contributed by atoms with E-state index in [1.165, 1.54) is 0 Å². The number of aliphatic carboxylic acids is 1. The zero-order valence-electron chi connectivity index (χ0n) is 6.47. The van der Waals surface area contributed by atoms with Gasteiger partial charge in [-0.2, -0.15) is 0 Å². The Hall–Kier alpha value is -0.530. The molecule has 0 spiro atoms. The van der Waals surface area contributed by atoms with Crippen LogP contribution >= 0.6 is 0 Å². The van der Waals surface area contributed by atoms with E-state index in [4.69, 9.17) is 5.11 Å². The summed E-state index contributed by atoms with van der Waals surface area (Å²) in [7, 11) is 0. The summed E-state index contributed by atoms with van der Waals surface area (Å²) in [4.78, 5) is 10.4. The van der Waals surface area contributed by atoms with Crippen LogP contribution in [0.15, 0.2) is 0 Å². The van der Waals surface area contributed by atoms with Gasteiger partial charge in [0.1, 0.15) is 0 Å². The molecule has 0 rings (SSSR count). The molecule has 1 radical (unpaired) electrons. The fourth-order valence-electron chi connectivity index (χ4n) is 0.842. The quantitative estimate of drug-likeness (QED) is 0.640. The Bertz CT molecular complexity index is 99.4. The molecule has 0 aromatic heterocycles. The van der Waals surface area contributed by atoms with Crippen LogP contribution in [0.3, 0.4) is 0 Å². The van der Waals surface area contributed by atoms with Crippen LogP contribution in [0.2, 0.25) is 0 Å². The fourth-order valence-corrected chi connectivity index (χ4v) is 0.842. The Labute approximate surface area is 62.2 Å². The van der Waals surface area contributed by atoms with Crippen LogP contribution < -0.4 is 0 Å². The Morgan fingerprint density at radius 1 is 1.70 bits per heavy atom. The SMILES string of the molecule is [CH2]CC(CCCC)C(=O)O. The van der Waals surface area contributed by atoms with E-state index in [0.717, 1.165) is 19.3 Å². The number of unbranched alkanes of at least 4 members (excludes halogenated alkanes) is 1. The minimum Gasteiger partial charge on any atom is -0.481 e. The Morgan fingerprint density at radius 2 is 2.30 bits per heavy atom. The molecule has 59 valence electrons. The van der Waals surface area contributed by atoms with E-state index in [1.807, 2.05) is 0 Å². The number of hydrogen-bond acceptors (Lipinski definition) is 1. The van der Waals surface area contributed by atoms with Gasteiger partial charge in [-0.05, 0) is 12.8 Å². The number of hydrogen-bond donors (Lipinski definition) is 1. The van der Waals surface area contributed by atoms with Crippen molar-refractivity contribution in [2.45, 2.75) is 32.6 Å². The average molecular weight is 143 g/mol. The molecule has 0 bridgehead atoms. The van der Waals surface area contributed by atoms with Gasteiger partial charge in [0.2, 0.25) is 0 Å². The Morgan fingerprint density at radius 3 is 2.60 bits per heavy atom. The standard InChI is InChI=1S/C8H15O2/c1-3-5-6-7(4-2)8(9)10/h7H,2-6H2,1H3,(H,9,10). The molecule has 0 aliphatic heterocycles. The van der Waals surface area contributed by atoms with Gasteiger partial charge in [-0.25, -0.2) is 0 Å². The van der Waals surface area contributed by atoms with Crippen LogP contribution in [0.25, 0.3) is 0 Å². The Balaban J connectivity index is 3.50. The molecule has 2 heteroatoms. The van der Waals surface area contributed by atoms with Crippen molar-refractivity contribution < 1.29 is 9.90 Å². The summed E-state index contributed by atoms with van der Waals surface area (Å²) in [5.41, 5.74) is 0. The normalized spacial score (nSPS) is 13.0. The third kappa shape index (κ3) is 3.49. The van der Waals surface area contributed by atoms with E-state index in [2.05, 4.69) is 13.8 Å². The maximum Gasteiger partial charge on any atom is 0.306 e. The number of carboxylic acid groups (broad SMARTS) is 1. The predicted molar refractivity (Wildman–Crippen MR) is 40.6 cm³/mol. The summed E-state index contributed by atoms with van der Waals surface area (Å²) in [6.07, 6.45) is 3.33. The van der Waals surface area contributed by atoms with Crippen LogP contribution in [-0.4, -0.2) is 11.1 Å². The van der Waals surface area contributed by atoms with E-state index in [0.29, 0.717) is 6.42 Å². The highest BCUT2D eigenvalue weighted by Gasteiger charge is 2.12. The average Bonchev–Trinajstić information content (AvgIpc) is 1.89. The molecule has 0 saturated heterocycles. The topological polar surface area (TPSA) is 37.3 Å². The largest absolute Gasteiger partial charge is 0.481 e. The monoisotopic (exact) mass is 143 g/mol. The summed E-state index contributed by atoms with van der Waals surface area (Å²) in [6, 6.07) is 0. The van der Waals surface area contributed by atoms with Gasteiger partial charge < -0.3 is 5.11 Å². The minimum atomic E-state index is -0.705. The van der Waals surface area contributed by atoms with Crippen molar-refractivity contribution in [3.63, 3.8) is 0 Å². The van der Waals surface area contributed by atoms with E-state index in [1.54, 1.807) is 0 Å². The van der Waals surface area contributed by atoms with Gasteiger partial charge in [-0.1, -0.05) is 26.7 Å². The summed E-state index contributed by atoms with van der Waals surface area (Å²) in [5.74, 6) is -0.927. The lowest BCUT2D eigenvalue weighted by molar-refractivity contribution is -0.141. The predicted octanol–water partition coefficient (Wildman–Crippen LogP) is 2.10. The highest BCUT2D eigenvalue weighted by molar-refractivity contribution is 5.69. The lowest BCUT2D eigenvalue weighted by Gasteiger charge is -2.06. The Kier molecular flexibility index (Phi) is 4.99. The van der Waals surface area contributed by atoms with Crippen LogP contribution in [-0.2, 0) is 4.79 Å². The zero-order valence-corrected chi connectivity index (χ0v) is 6.47. The zero-order chi connectivity index (χ0) is 7.98. The molecule has 1 N–H and O–H groups in total. The molecule has 0 aromatic rings. The van der Waals surface area contributed by atoms with Gasteiger partial charge in [-0.3, -0.25) is 4.79 Å². The van der Waals surface area contributed by atoms with Crippen molar-refractivity contribution in [2.75, 3.05) is 0 Å². The molecule has 0 aromatic carbocycles. The maximum atomic E-state index is 10.4. The van der Waals surface area contributed by atoms with Crippen molar-refractivity contribution in [1.82, 2.24) is 0 Å². The van der Waals surface area contributed by atoms with Gasteiger partial charge in [0.15, 0.2) is 0 Å². The molecule has 0 heterocycles. The first-order chi connectivity index (χ1) is 4.72. The number of carboxylic acids is 1. The summed E-state index contributed by atoms with van der Waals surface area (Å²) < 4.78 is 0. The number of carbonyl (C=O) groups is 1. The van der Waals surface area contributed by atoms with Gasteiger partial charge >= 0.3 is 5.97 Å². The smallest absolute Gasteiger partial charge is 0.306 e. The highest BCUT2D eigenvalue weighted by atomic mass is 16.4. The molecule has 2 nitrogen and oxygen atoms in total. The van der Waals surface area contributed by atoms with Crippen LogP contribution in [0.4, 0.5) is 0 Å². The molecule has 0 fully saturated rings. The van der Waals surface area contributed by atoms with Crippen molar-refractivity contribution in [3.05, 3.63) is 6.92 Å². The second-order valence-corrected chi connectivity index (χ2v) is 2.47. The van der Waals surface area contributed by atoms with Crippen LogP contribution in [0, 0.1) is 12.8 Å². The van der Waals surface area contributed by atoms with E-state index >= 15 is 0 Å². The van der Waals surface area contributed by atoms with Gasteiger partial charge in [0.25, 0.3) is 0 Å². The molecule has 0 amide bonds. The van der Waals surface area contributed by atoms with Gasteiger partial charge in [0.05, 0.1) is 5.92 Å². The van der Waals surface area contributed by atoms with Crippen molar-refractivity contribution in [1.29, 1.82) is 0 Å². The second-order valence-electron chi connectivity index (χ2n) is 2.47. The first kappa shape index (κ1) is 9.47. The summed E-state index contributed by atoms with van der Waals surface area (Å²) >= 11 is 0. The third-order valence-electron chi connectivity index (χ3n) is 1.60. The van der Waals surface area contributed by atoms with Crippen LogP contribution in [0.1, 0.15) is 32.6 Å². The van der Waals surface area contributed by atoms with E-state index in [9.17, 15) is 4.79 Å². The molecule has 10 heavy (non-hydrogen) atoms. The molecule has 0 saturated carbocycles. The first-order valence-electron chi connectivity index (χ1n) is 3.74. The molecule has 0 aliphatic carbocycles. The van der Waals surface area contributed by atoms with E-state index in [-0.39, 0.29) is 5.92 Å². The third-order valence-corrected chi connectivity index (χ3v) is 1.60. The second kappa shape index (κ2) is 5.27. The maximum absolute atomic E-state index is 10.4. The van der Waals surface area contributed by atoms with E-state index < -0.39 is 5.97 Å². The van der Waals surface area contributed by atoms with Crippen molar-refractivity contribution in [2.24, 2.45) is 5.92 Å². The summed E-state index contributed by atoms with van der Waals surface area (Å²) in [5, 5.41) is 8.56. The first-order valence-corrected chi connectivity index (χ1v) is 3.74. The molecular weight excluding hydrogens is 128 g/mol. The lowest BCUT2D eigenvalue weighted by Crippen LogP contribution is -2.12. The number of rotatable bonds is 5. The fraction of sp³-hybridized carbons (Fsp3) is 0.750. The van der Waals surface area contributed by atoms with Crippen molar-refractivity contribution in [3.8, 4) is 0 Å². The summed E-state index contributed by atoms with van der Waals surface area (Å²) in [6.45, 7) is 5.64. The lowest BCUT2D eigenvalue weighted by atomic mass is 10.00. The molecule has 0 aliphatic rings.